The van der Waals surface area contributed by atoms with E-state index in [0.29, 0.717) is 12.5 Å². The van der Waals surface area contributed by atoms with E-state index in [1.54, 1.807) is 0 Å². The minimum absolute atomic E-state index is 0. The van der Waals surface area contributed by atoms with Crippen LogP contribution in [0.1, 0.15) is 33.6 Å². The molecule has 1 amide bonds. The predicted octanol–water partition coefficient (Wildman–Crippen LogP) is 1.76. The average Bonchev–Trinajstić information content (AvgIpc) is 2.35. The summed E-state index contributed by atoms with van der Waals surface area (Å²) >= 11 is 0. The van der Waals surface area contributed by atoms with Crippen LogP contribution < -0.4 is 5.73 Å². The Balaban J connectivity index is 0. The first-order valence-corrected chi connectivity index (χ1v) is 6.84. The van der Waals surface area contributed by atoms with Gasteiger partial charge in [0.2, 0.25) is 5.91 Å². The van der Waals surface area contributed by atoms with E-state index in [2.05, 4.69) is 25.7 Å². The zero-order valence-electron chi connectivity index (χ0n) is 12.3. The van der Waals surface area contributed by atoms with E-state index >= 15 is 0 Å². The summed E-state index contributed by atoms with van der Waals surface area (Å²) in [6.07, 6.45) is 2.11. The number of amides is 1. The van der Waals surface area contributed by atoms with Crippen LogP contribution in [-0.2, 0) is 4.79 Å². The van der Waals surface area contributed by atoms with E-state index in [-0.39, 0.29) is 36.8 Å². The number of hydrogen-bond donors (Lipinski definition) is 1. The minimum atomic E-state index is 0. The van der Waals surface area contributed by atoms with E-state index in [1.165, 1.54) is 0 Å². The smallest absolute Gasteiger partial charge is 0.236 e. The van der Waals surface area contributed by atoms with Crippen LogP contribution in [0.25, 0.3) is 0 Å². The van der Waals surface area contributed by atoms with Crippen LogP contribution in [0.3, 0.4) is 0 Å². The topological polar surface area (TPSA) is 49.6 Å². The van der Waals surface area contributed by atoms with Crippen molar-refractivity contribution in [3.8, 4) is 0 Å². The number of carbonyl (C=O) groups is 1. The van der Waals surface area contributed by atoms with E-state index in [4.69, 9.17) is 5.73 Å². The monoisotopic (exact) mass is 313 g/mol. The van der Waals surface area contributed by atoms with Crippen LogP contribution in [0.2, 0.25) is 0 Å². The highest BCUT2D eigenvalue weighted by Gasteiger charge is 2.25. The van der Waals surface area contributed by atoms with Crippen molar-refractivity contribution in [2.75, 3.05) is 32.7 Å². The fraction of sp³-hybridized carbons (Fsp3) is 0.923. The van der Waals surface area contributed by atoms with Gasteiger partial charge in [-0.25, -0.2) is 0 Å². The maximum atomic E-state index is 12.1. The van der Waals surface area contributed by atoms with Gasteiger partial charge < -0.3 is 10.6 Å². The summed E-state index contributed by atoms with van der Waals surface area (Å²) in [6.45, 7) is 10.5. The predicted molar refractivity (Wildman–Crippen MR) is 85.2 cm³/mol. The average molecular weight is 314 g/mol. The molecule has 0 aromatic rings. The zero-order valence-corrected chi connectivity index (χ0v) is 13.9. The van der Waals surface area contributed by atoms with Crippen molar-refractivity contribution in [2.24, 2.45) is 11.7 Å². The Morgan fingerprint density at radius 2 is 1.74 bits per heavy atom. The molecule has 1 fully saturated rings. The van der Waals surface area contributed by atoms with Gasteiger partial charge in [-0.3, -0.25) is 9.69 Å². The number of nitrogens with zero attached hydrogens (tertiary/aromatic N) is 2. The number of hydrogen-bond acceptors (Lipinski definition) is 3. The molecule has 1 heterocycles. The van der Waals surface area contributed by atoms with Gasteiger partial charge in [0.05, 0.1) is 6.54 Å². The first-order valence-electron chi connectivity index (χ1n) is 6.84. The van der Waals surface area contributed by atoms with Gasteiger partial charge in [0, 0.05) is 19.1 Å². The lowest BCUT2D eigenvalue weighted by Crippen LogP contribution is -2.46. The number of piperidine rings is 1. The second-order valence-electron chi connectivity index (χ2n) is 5.04. The lowest BCUT2D eigenvalue weighted by atomic mass is 9.91. The highest BCUT2D eigenvalue weighted by molar-refractivity contribution is 5.85. The summed E-state index contributed by atoms with van der Waals surface area (Å²) in [5.41, 5.74) is 5.90. The van der Waals surface area contributed by atoms with Crippen molar-refractivity contribution in [1.82, 2.24) is 9.80 Å². The Hall–Kier alpha value is -0.0300. The largest absolute Gasteiger partial charge is 0.342 e. The van der Waals surface area contributed by atoms with E-state index < -0.39 is 0 Å². The van der Waals surface area contributed by atoms with E-state index in [9.17, 15) is 4.79 Å². The molecule has 1 atom stereocenters. The molecule has 4 nitrogen and oxygen atoms in total. The SMILES string of the molecule is CCN(CC)CC(=O)N1CCC(C(C)N)CC1.Cl.Cl. The fourth-order valence-corrected chi connectivity index (χ4v) is 2.41. The van der Waals surface area contributed by atoms with Gasteiger partial charge in [-0.05, 0) is 38.8 Å². The Bertz CT molecular complexity index is 240. The summed E-state index contributed by atoms with van der Waals surface area (Å²) < 4.78 is 0. The van der Waals surface area contributed by atoms with Gasteiger partial charge in [-0.2, -0.15) is 0 Å². The van der Waals surface area contributed by atoms with Crippen LogP contribution in [0.15, 0.2) is 0 Å². The van der Waals surface area contributed by atoms with E-state index in [1.807, 2.05) is 4.90 Å². The van der Waals surface area contributed by atoms with Crippen molar-refractivity contribution in [1.29, 1.82) is 0 Å². The number of halogens is 2. The molecule has 1 aliphatic rings. The number of likely N-dealkylation sites (N-methyl/N-ethyl adjacent to an activating group) is 1. The van der Waals surface area contributed by atoms with Gasteiger partial charge in [0.15, 0.2) is 0 Å². The summed E-state index contributed by atoms with van der Waals surface area (Å²) in [7, 11) is 0. The number of likely N-dealkylation sites (tertiary alicyclic amines) is 1. The minimum Gasteiger partial charge on any atom is -0.342 e. The van der Waals surface area contributed by atoms with Crippen LogP contribution in [0, 0.1) is 5.92 Å². The van der Waals surface area contributed by atoms with Gasteiger partial charge >= 0.3 is 0 Å². The van der Waals surface area contributed by atoms with Crippen LogP contribution in [0.4, 0.5) is 0 Å². The van der Waals surface area contributed by atoms with Gasteiger partial charge in [0.25, 0.3) is 0 Å². The molecule has 2 N–H and O–H groups in total. The van der Waals surface area contributed by atoms with Crippen LogP contribution in [-0.4, -0.2) is 54.5 Å². The molecule has 0 saturated carbocycles. The molecule has 0 aliphatic carbocycles. The quantitative estimate of drug-likeness (QED) is 0.841. The molecule has 0 spiro atoms. The zero-order chi connectivity index (χ0) is 12.8. The molecule has 1 saturated heterocycles. The molecule has 6 heteroatoms. The molecule has 1 rings (SSSR count). The molecule has 0 radical (unpaired) electrons. The Morgan fingerprint density at radius 1 is 1.26 bits per heavy atom. The van der Waals surface area contributed by atoms with Gasteiger partial charge in [0.1, 0.15) is 0 Å². The van der Waals surface area contributed by atoms with Crippen LogP contribution >= 0.6 is 24.8 Å². The molecular weight excluding hydrogens is 285 g/mol. The van der Waals surface area contributed by atoms with Crippen LogP contribution in [0.5, 0.6) is 0 Å². The maximum absolute atomic E-state index is 12.1. The first kappa shape index (κ1) is 21.3. The molecule has 1 unspecified atom stereocenters. The molecule has 0 bridgehead atoms. The maximum Gasteiger partial charge on any atom is 0.236 e. The summed E-state index contributed by atoms with van der Waals surface area (Å²) in [6, 6.07) is 0.259. The molecule has 0 aromatic heterocycles. The third kappa shape index (κ3) is 6.80. The molecular formula is C13H29Cl2N3O. The molecule has 19 heavy (non-hydrogen) atoms. The molecule has 0 aromatic carbocycles. The van der Waals surface area contributed by atoms with Crippen molar-refractivity contribution >= 4 is 30.7 Å². The summed E-state index contributed by atoms with van der Waals surface area (Å²) in [4.78, 5) is 16.2. The second kappa shape index (κ2) is 10.7. The van der Waals surface area contributed by atoms with Crippen molar-refractivity contribution in [3.05, 3.63) is 0 Å². The van der Waals surface area contributed by atoms with Crippen molar-refractivity contribution in [3.63, 3.8) is 0 Å². The van der Waals surface area contributed by atoms with E-state index in [0.717, 1.165) is 39.0 Å². The normalized spacial score (nSPS) is 17.6. The molecule has 1 aliphatic heterocycles. The van der Waals surface area contributed by atoms with Crippen molar-refractivity contribution in [2.45, 2.75) is 39.7 Å². The molecule has 116 valence electrons. The Kier molecular flexibility index (Phi) is 12.0. The highest BCUT2D eigenvalue weighted by atomic mass is 35.5. The lowest BCUT2D eigenvalue weighted by Gasteiger charge is -2.34. The number of nitrogens with two attached hydrogens (primary N) is 1. The number of rotatable bonds is 5. The first-order chi connectivity index (χ1) is 8.08. The highest BCUT2D eigenvalue weighted by Crippen LogP contribution is 2.19. The second-order valence-corrected chi connectivity index (χ2v) is 5.04. The standard InChI is InChI=1S/C13H27N3O.2ClH/c1-4-15(5-2)10-13(17)16-8-6-12(7-9-16)11(3)14;;/h11-12H,4-10,14H2,1-3H3;2*1H. The number of carbonyl (C=O) groups excluding carboxylic acids is 1. The fourth-order valence-electron chi connectivity index (χ4n) is 2.41. The Labute approximate surface area is 129 Å². The summed E-state index contributed by atoms with van der Waals surface area (Å²) in [5, 5.41) is 0. The van der Waals surface area contributed by atoms with Gasteiger partial charge in [-0.1, -0.05) is 13.8 Å². The Morgan fingerprint density at radius 3 is 2.11 bits per heavy atom. The third-order valence-electron chi connectivity index (χ3n) is 3.89. The van der Waals surface area contributed by atoms with Gasteiger partial charge in [-0.15, -0.1) is 24.8 Å². The summed E-state index contributed by atoms with van der Waals surface area (Å²) in [5.74, 6) is 0.865. The van der Waals surface area contributed by atoms with Crippen molar-refractivity contribution < 1.29 is 4.79 Å². The third-order valence-corrected chi connectivity index (χ3v) is 3.89. The lowest BCUT2D eigenvalue weighted by molar-refractivity contribution is -0.133.